The molecule has 2 rings (SSSR count). The quantitative estimate of drug-likeness (QED) is 0.472. The van der Waals surface area contributed by atoms with E-state index in [2.05, 4.69) is 15.8 Å². The average molecular weight is 323 g/mol. The summed E-state index contributed by atoms with van der Waals surface area (Å²) < 4.78 is 16.1. The van der Waals surface area contributed by atoms with E-state index in [-0.39, 0.29) is 6.10 Å². The summed E-state index contributed by atoms with van der Waals surface area (Å²) >= 11 is 5.17. The van der Waals surface area contributed by atoms with Gasteiger partial charge < -0.3 is 19.5 Å². The van der Waals surface area contributed by atoms with Crippen LogP contribution in [-0.2, 0) is 4.74 Å². The van der Waals surface area contributed by atoms with Crippen molar-refractivity contribution in [3.05, 3.63) is 23.8 Å². The summed E-state index contributed by atoms with van der Waals surface area (Å²) in [6, 6.07) is 5.59. The Morgan fingerprint density at radius 2 is 2.32 bits per heavy atom. The highest BCUT2D eigenvalue weighted by molar-refractivity contribution is 7.80. The lowest BCUT2D eigenvalue weighted by Crippen LogP contribution is -2.37. The van der Waals surface area contributed by atoms with E-state index in [1.807, 2.05) is 18.2 Å². The fourth-order valence-electron chi connectivity index (χ4n) is 2.23. The minimum atomic E-state index is 0.238. The van der Waals surface area contributed by atoms with Gasteiger partial charge in [-0.2, -0.15) is 5.10 Å². The number of nitrogens with one attached hydrogen (secondary N) is 2. The lowest BCUT2D eigenvalue weighted by Gasteiger charge is -2.12. The molecule has 0 bridgehead atoms. The van der Waals surface area contributed by atoms with Crippen LogP contribution >= 0.6 is 12.2 Å². The largest absolute Gasteiger partial charge is 0.493 e. The zero-order chi connectivity index (χ0) is 15.8. The summed E-state index contributed by atoms with van der Waals surface area (Å²) in [4.78, 5) is 0. The van der Waals surface area contributed by atoms with Gasteiger partial charge in [-0.25, -0.2) is 0 Å². The number of thiocarbonyl (C=S) groups is 1. The van der Waals surface area contributed by atoms with E-state index in [0.717, 1.165) is 25.0 Å². The van der Waals surface area contributed by atoms with Crippen molar-refractivity contribution in [1.29, 1.82) is 0 Å². The standard InChI is InChI=1S/C15H21N3O3S/c1-19-13-7-3-5-11(14(13)20-2)9-17-18-15(22)16-10-12-6-4-8-21-12/h3,5,7,9,12H,4,6,8,10H2,1-2H3,(H2,16,18,22). The maximum atomic E-state index is 5.51. The molecule has 0 saturated carbocycles. The number of rotatable bonds is 6. The van der Waals surface area contributed by atoms with Crippen molar-refractivity contribution >= 4 is 23.5 Å². The van der Waals surface area contributed by atoms with Crippen molar-refractivity contribution in [2.45, 2.75) is 18.9 Å². The normalized spacial score (nSPS) is 17.5. The molecule has 1 heterocycles. The predicted molar refractivity (Wildman–Crippen MR) is 89.9 cm³/mol. The molecule has 6 nitrogen and oxygen atoms in total. The van der Waals surface area contributed by atoms with E-state index in [1.165, 1.54) is 0 Å². The molecule has 22 heavy (non-hydrogen) atoms. The molecule has 1 aromatic rings. The Bertz CT molecular complexity index is 531. The second-order valence-corrected chi connectivity index (χ2v) is 5.21. The highest BCUT2D eigenvalue weighted by atomic mass is 32.1. The summed E-state index contributed by atoms with van der Waals surface area (Å²) in [7, 11) is 3.19. The molecule has 1 saturated heterocycles. The molecule has 0 amide bonds. The third-order valence-electron chi connectivity index (χ3n) is 3.32. The fourth-order valence-corrected chi connectivity index (χ4v) is 2.36. The van der Waals surface area contributed by atoms with Gasteiger partial charge in [0.05, 0.1) is 26.5 Å². The fraction of sp³-hybridized carbons (Fsp3) is 0.467. The molecule has 7 heteroatoms. The number of para-hydroxylation sites is 1. The van der Waals surface area contributed by atoms with E-state index in [0.29, 0.717) is 23.2 Å². The number of hydrazone groups is 1. The Morgan fingerprint density at radius 1 is 1.45 bits per heavy atom. The van der Waals surface area contributed by atoms with E-state index >= 15 is 0 Å². The van der Waals surface area contributed by atoms with E-state index in [4.69, 9.17) is 26.4 Å². The molecule has 1 fully saturated rings. The van der Waals surface area contributed by atoms with Gasteiger partial charge in [0.1, 0.15) is 0 Å². The van der Waals surface area contributed by atoms with Crippen LogP contribution in [0.4, 0.5) is 0 Å². The van der Waals surface area contributed by atoms with Gasteiger partial charge in [0.25, 0.3) is 0 Å². The van der Waals surface area contributed by atoms with Crippen LogP contribution in [0.5, 0.6) is 11.5 Å². The molecule has 1 aromatic carbocycles. The molecule has 0 aliphatic carbocycles. The van der Waals surface area contributed by atoms with E-state index in [9.17, 15) is 0 Å². The number of ether oxygens (including phenoxy) is 3. The first kappa shape index (κ1) is 16.5. The maximum Gasteiger partial charge on any atom is 0.187 e. The molecule has 120 valence electrons. The van der Waals surface area contributed by atoms with Crippen LogP contribution in [0.3, 0.4) is 0 Å². The lowest BCUT2D eigenvalue weighted by molar-refractivity contribution is 0.114. The minimum absolute atomic E-state index is 0.238. The van der Waals surface area contributed by atoms with Crippen LogP contribution in [0.25, 0.3) is 0 Å². The third kappa shape index (κ3) is 4.57. The number of hydrogen-bond donors (Lipinski definition) is 2. The summed E-state index contributed by atoms with van der Waals surface area (Å²) in [5.74, 6) is 1.29. The van der Waals surface area contributed by atoms with Crippen LogP contribution in [0.2, 0.25) is 0 Å². The van der Waals surface area contributed by atoms with Crippen molar-refractivity contribution in [3.8, 4) is 11.5 Å². The molecule has 0 aromatic heterocycles. The number of methoxy groups -OCH3 is 2. The van der Waals surface area contributed by atoms with Gasteiger partial charge in [0.2, 0.25) is 0 Å². The monoisotopic (exact) mass is 323 g/mol. The van der Waals surface area contributed by atoms with Crippen LogP contribution < -0.4 is 20.2 Å². The predicted octanol–water partition coefficient (Wildman–Crippen LogP) is 1.68. The van der Waals surface area contributed by atoms with Crippen LogP contribution in [0.15, 0.2) is 23.3 Å². The number of benzene rings is 1. The van der Waals surface area contributed by atoms with Crippen molar-refractivity contribution in [1.82, 2.24) is 10.7 Å². The van der Waals surface area contributed by atoms with Crippen molar-refractivity contribution < 1.29 is 14.2 Å². The Kier molecular flexibility index (Phi) is 6.42. The zero-order valence-corrected chi connectivity index (χ0v) is 13.6. The number of hydrogen-bond acceptors (Lipinski definition) is 5. The average Bonchev–Trinajstić information content (AvgIpc) is 3.06. The first-order valence-corrected chi connectivity index (χ1v) is 7.55. The van der Waals surface area contributed by atoms with Crippen molar-refractivity contribution in [3.63, 3.8) is 0 Å². The third-order valence-corrected chi connectivity index (χ3v) is 3.55. The SMILES string of the molecule is COc1cccc(C=NNC(=S)NCC2CCCO2)c1OC. The highest BCUT2D eigenvalue weighted by Gasteiger charge is 2.15. The Labute approximate surface area is 135 Å². The molecule has 2 N–H and O–H groups in total. The van der Waals surface area contributed by atoms with Gasteiger partial charge in [-0.15, -0.1) is 0 Å². The summed E-state index contributed by atoms with van der Waals surface area (Å²) in [5, 5.41) is 7.67. The van der Waals surface area contributed by atoms with Crippen LogP contribution in [0, 0.1) is 0 Å². The second kappa shape index (κ2) is 8.55. The zero-order valence-electron chi connectivity index (χ0n) is 12.8. The summed E-state index contributed by atoms with van der Waals surface area (Å²) in [6.07, 6.45) is 4.06. The Balaban J connectivity index is 1.85. The molecule has 1 aliphatic rings. The molecule has 1 unspecified atom stereocenters. The van der Waals surface area contributed by atoms with E-state index < -0.39 is 0 Å². The first-order valence-electron chi connectivity index (χ1n) is 7.14. The summed E-state index contributed by atoms with van der Waals surface area (Å²) in [5.41, 5.74) is 3.58. The summed E-state index contributed by atoms with van der Waals surface area (Å²) in [6.45, 7) is 1.53. The van der Waals surface area contributed by atoms with Crippen LogP contribution in [-0.4, -0.2) is 44.8 Å². The molecule has 1 atom stereocenters. The van der Waals surface area contributed by atoms with Gasteiger partial charge in [0, 0.05) is 18.7 Å². The van der Waals surface area contributed by atoms with Crippen molar-refractivity contribution in [2.75, 3.05) is 27.4 Å². The Hall–Kier alpha value is -1.86. The van der Waals surface area contributed by atoms with Gasteiger partial charge in [-0.05, 0) is 37.2 Å². The number of nitrogens with zero attached hydrogens (tertiary/aromatic N) is 1. The van der Waals surface area contributed by atoms with E-state index in [1.54, 1.807) is 20.4 Å². The molecule has 0 spiro atoms. The molecule has 0 radical (unpaired) electrons. The van der Waals surface area contributed by atoms with Gasteiger partial charge in [0.15, 0.2) is 16.6 Å². The van der Waals surface area contributed by atoms with Crippen LogP contribution in [0.1, 0.15) is 18.4 Å². The van der Waals surface area contributed by atoms with Crippen molar-refractivity contribution in [2.24, 2.45) is 5.10 Å². The van der Waals surface area contributed by atoms with Gasteiger partial charge >= 0.3 is 0 Å². The Morgan fingerprint density at radius 3 is 3.00 bits per heavy atom. The molecule has 1 aliphatic heterocycles. The smallest absolute Gasteiger partial charge is 0.187 e. The lowest BCUT2D eigenvalue weighted by atomic mass is 10.2. The minimum Gasteiger partial charge on any atom is -0.493 e. The highest BCUT2D eigenvalue weighted by Crippen LogP contribution is 2.29. The van der Waals surface area contributed by atoms with Gasteiger partial charge in [-0.1, -0.05) is 6.07 Å². The van der Waals surface area contributed by atoms with Gasteiger partial charge in [-0.3, -0.25) is 5.43 Å². The topological polar surface area (TPSA) is 64.1 Å². The molecular formula is C15H21N3O3S. The second-order valence-electron chi connectivity index (χ2n) is 4.80. The maximum absolute atomic E-state index is 5.51. The first-order chi connectivity index (χ1) is 10.7. The molecular weight excluding hydrogens is 302 g/mol.